The molecule has 0 spiro atoms. The summed E-state index contributed by atoms with van der Waals surface area (Å²) in [4.78, 5) is 9.37. The third kappa shape index (κ3) is 22.9. The van der Waals surface area contributed by atoms with Crippen LogP contribution in [-0.4, -0.2) is 11.1 Å². The summed E-state index contributed by atoms with van der Waals surface area (Å²) in [6, 6.07) is 0. The molecule has 0 heterocycles. The molecule has 0 aromatic carbocycles. The predicted octanol–water partition coefficient (Wildman–Crippen LogP) is 0.360. The van der Waals surface area contributed by atoms with Crippen molar-refractivity contribution in [3.8, 4) is 0 Å². The van der Waals surface area contributed by atoms with Gasteiger partial charge in [-0.25, -0.2) is 0 Å². The summed E-state index contributed by atoms with van der Waals surface area (Å²) >= 11 is 0.300. The van der Waals surface area contributed by atoms with Gasteiger partial charge < -0.3 is 5.11 Å². The zero-order chi connectivity index (χ0) is 6.28. The second-order valence-electron chi connectivity index (χ2n) is 0.747. The first-order chi connectivity index (χ1) is 3.27. The molecule has 0 bridgehead atoms. The van der Waals surface area contributed by atoms with E-state index in [0.717, 1.165) is 0 Å². The van der Waals surface area contributed by atoms with Gasteiger partial charge in [0.05, 0.1) is 0 Å². The Labute approximate surface area is 57.0 Å². The van der Waals surface area contributed by atoms with E-state index in [4.69, 9.17) is 7.92 Å². The van der Waals surface area contributed by atoms with Crippen molar-refractivity contribution >= 4 is 5.97 Å². The number of carboxylic acid groups (broad SMARTS) is 1. The summed E-state index contributed by atoms with van der Waals surface area (Å²) in [6.45, 7) is 1.60. The Morgan fingerprint density at radius 2 is 1.86 bits per heavy atom. The van der Waals surface area contributed by atoms with Gasteiger partial charge in [0.15, 0.2) is 0 Å². The number of carbonyl (C=O) groups is 1. The molecule has 40 valence electrons. The average molecular weight is 181 g/mol. The molecule has 0 saturated heterocycles. The summed E-state index contributed by atoms with van der Waals surface area (Å²) in [7, 11) is 0. The molecule has 4 heteroatoms. The Balaban J connectivity index is 0. The molecule has 7 heavy (non-hydrogen) atoms. The summed E-state index contributed by atoms with van der Waals surface area (Å²) in [5, 5.41) is 7.72. The van der Waals surface area contributed by atoms with E-state index in [9.17, 15) is 4.79 Å². The van der Waals surface area contributed by atoms with Gasteiger partial charge in [-0.05, 0) is 0 Å². The number of aliphatic carboxylic acids is 1. The predicted molar refractivity (Wildman–Crippen MR) is 18.6 cm³/mol. The van der Waals surface area contributed by atoms with Crippen LogP contribution in [0, 0.1) is 0 Å². The number of hydrogen-bond donors (Lipinski definition) is 1. The first kappa shape index (κ1) is 10.2. The molecule has 0 radical (unpaired) electrons. The Bertz CT molecular complexity index is 54.1. The van der Waals surface area contributed by atoms with Crippen molar-refractivity contribution in [2.24, 2.45) is 0 Å². The Morgan fingerprint density at radius 3 is 1.86 bits per heavy atom. The molecule has 1 N–H and O–H groups in total. The molecule has 0 aromatic rings. The van der Waals surface area contributed by atoms with Crippen LogP contribution in [0.4, 0.5) is 0 Å². The van der Waals surface area contributed by atoms with Gasteiger partial charge in [0.2, 0.25) is 0 Å². The second-order valence-corrected chi connectivity index (χ2v) is 0.747. The topological polar surface area (TPSA) is 54.4 Å². The molecule has 0 rings (SSSR count). The molecule has 0 fully saturated rings. The maximum absolute atomic E-state index is 9.37. The molecule has 0 aliphatic carbocycles. The van der Waals surface area contributed by atoms with E-state index in [1.807, 2.05) is 0 Å². The van der Waals surface area contributed by atoms with E-state index in [1.54, 1.807) is 6.92 Å². The molecule has 0 aromatic heterocycles. The van der Waals surface area contributed by atoms with Gasteiger partial charge >= 0.3 is 33.5 Å². The van der Waals surface area contributed by atoms with E-state index in [-0.39, 0.29) is 6.42 Å². The van der Waals surface area contributed by atoms with Crippen LogP contribution in [-0.2, 0) is 32.3 Å². The van der Waals surface area contributed by atoms with Gasteiger partial charge in [0.1, 0.15) is 0 Å². The van der Waals surface area contributed by atoms with Gasteiger partial charge in [-0.1, -0.05) is 6.92 Å². The van der Waals surface area contributed by atoms with Crippen LogP contribution >= 0.6 is 0 Å². The number of hydrogen-bond acceptors (Lipinski definition) is 2. The normalized spacial score (nSPS) is 5.71. The first-order valence-corrected chi connectivity index (χ1v) is 2.70. The van der Waals surface area contributed by atoms with E-state index < -0.39 is 5.97 Å². The molecule has 0 amide bonds. The van der Waals surface area contributed by atoms with E-state index in [1.165, 1.54) is 0 Å². The maximum atomic E-state index is 9.37. The van der Waals surface area contributed by atoms with Crippen molar-refractivity contribution in [1.29, 1.82) is 0 Å². The molecule has 0 aliphatic heterocycles. The SMILES string of the molecule is CCC(=O)O.[O]=[Zr]. The molecule has 3 nitrogen and oxygen atoms in total. The van der Waals surface area contributed by atoms with Crippen LogP contribution in [0.3, 0.4) is 0 Å². The minimum atomic E-state index is -0.745. The van der Waals surface area contributed by atoms with Crippen molar-refractivity contribution in [3.63, 3.8) is 0 Å². The van der Waals surface area contributed by atoms with Crippen molar-refractivity contribution in [2.45, 2.75) is 13.3 Å². The van der Waals surface area contributed by atoms with Gasteiger partial charge in [-0.15, -0.1) is 0 Å². The van der Waals surface area contributed by atoms with Crippen LogP contribution in [0.25, 0.3) is 0 Å². The fourth-order valence-corrected chi connectivity index (χ4v) is 0. The standard InChI is InChI=1S/C3H6O2.O.Zr/c1-2-3(4)5;;/h2H2,1H3,(H,4,5);;. The van der Waals surface area contributed by atoms with Crippen LogP contribution in [0.2, 0.25) is 0 Å². The molecule has 0 aliphatic rings. The fraction of sp³-hybridized carbons (Fsp3) is 0.667. The first-order valence-electron chi connectivity index (χ1n) is 1.69. The van der Waals surface area contributed by atoms with Gasteiger partial charge in [-0.2, -0.15) is 0 Å². The Morgan fingerprint density at radius 1 is 1.71 bits per heavy atom. The minimum absolute atomic E-state index is 0.222. The zero-order valence-electron chi connectivity index (χ0n) is 3.97. The van der Waals surface area contributed by atoms with E-state index in [2.05, 4.69) is 0 Å². The number of carboxylic acids is 1. The summed E-state index contributed by atoms with van der Waals surface area (Å²) < 4.78 is 8.34. The molecular formula is C3H6O3Zr. The van der Waals surface area contributed by atoms with Crippen molar-refractivity contribution in [3.05, 3.63) is 0 Å². The van der Waals surface area contributed by atoms with Crippen molar-refractivity contribution in [1.82, 2.24) is 0 Å². The molecule has 0 saturated carbocycles. The molecule has 0 unspecified atom stereocenters. The molecule has 0 atom stereocenters. The fourth-order valence-electron chi connectivity index (χ4n) is 0. The van der Waals surface area contributed by atoms with Crippen molar-refractivity contribution in [2.75, 3.05) is 0 Å². The molecular weight excluding hydrogens is 175 g/mol. The van der Waals surface area contributed by atoms with Crippen molar-refractivity contribution < 1.29 is 37.4 Å². The second kappa shape index (κ2) is 9.47. The zero-order valence-corrected chi connectivity index (χ0v) is 6.43. The Kier molecular flexibility index (Phi) is 13.8. The summed E-state index contributed by atoms with van der Waals surface area (Å²) in [5.74, 6) is -0.745. The van der Waals surface area contributed by atoms with Gasteiger partial charge in [-0.3, -0.25) is 4.79 Å². The summed E-state index contributed by atoms with van der Waals surface area (Å²) in [6.07, 6.45) is 0.222. The Hall–Kier alpha value is 0.153. The van der Waals surface area contributed by atoms with Gasteiger partial charge in [0, 0.05) is 6.42 Å². The summed E-state index contributed by atoms with van der Waals surface area (Å²) in [5.41, 5.74) is 0. The van der Waals surface area contributed by atoms with E-state index >= 15 is 0 Å². The average Bonchev–Trinajstić information content (AvgIpc) is 1.73. The van der Waals surface area contributed by atoms with Crippen LogP contribution in [0.15, 0.2) is 0 Å². The third-order valence-electron chi connectivity index (χ3n) is 0.302. The monoisotopic (exact) mass is 180 g/mol. The quantitative estimate of drug-likeness (QED) is 0.635. The van der Waals surface area contributed by atoms with E-state index in [0.29, 0.717) is 24.7 Å². The van der Waals surface area contributed by atoms with Crippen LogP contribution in [0.5, 0.6) is 0 Å². The van der Waals surface area contributed by atoms with Crippen LogP contribution < -0.4 is 0 Å². The van der Waals surface area contributed by atoms with Crippen LogP contribution in [0.1, 0.15) is 13.3 Å². The van der Waals surface area contributed by atoms with Gasteiger partial charge in [0.25, 0.3) is 0 Å². The number of rotatable bonds is 1. The third-order valence-corrected chi connectivity index (χ3v) is 0.302.